The Morgan fingerprint density at radius 2 is 1.61 bits per heavy atom. The first kappa shape index (κ1) is 21.5. The number of aromatic nitrogens is 5. The van der Waals surface area contributed by atoms with E-state index in [1.54, 1.807) is 0 Å². The van der Waals surface area contributed by atoms with Crippen molar-refractivity contribution in [1.82, 2.24) is 24.7 Å². The average molecular weight is 438 g/mol. The van der Waals surface area contributed by atoms with Gasteiger partial charge in [0, 0.05) is 23.5 Å². The van der Waals surface area contributed by atoms with Gasteiger partial charge in [0.1, 0.15) is 5.69 Å². The molecular formula is C28H31N5. The SMILES string of the molecule is Cc1ccc(-c2nn(Cc3cccnc3)c3c2CCc2nc(C(C)C)c(C(C)C)nc2-3)cc1. The van der Waals surface area contributed by atoms with Crippen LogP contribution in [0.2, 0.25) is 0 Å². The van der Waals surface area contributed by atoms with Gasteiger partial charge in [0.05, 0.1) is 35.0 Å². The Kier molecular flexibility index (Phi) is 5.57. The molecule has 0 atom stereocenters. The maximum Gasteiger partial charge on any atom is 0.110 e. The van der Waals surface area contributed by atoms with Crippen LogP contribution < -0.4 is 0 Å². The quantitative estimate of drug-likeness (QED) is 0.378. The molecule has 5 heteroatoms. The Morgan fingerprint density at radius 3 is 2.27 bits per heavy atom. The number of hydrogen-bond acceptors (Lipinski definition) is 4. The molecule has 1 aliphatic rings. The summed E-state index contributed by atoms with van der Waals surface area (Å²) in [6, 6.07) is 12.7. The molecule has 0 bridgehead atoms. The van der Waals surface area contributed by atoms with Crippen LogP contribution in [0.3, 0.4) is 0 Å². The summed E-state index contributed by atoms with van der Waals surface area (Å²) in [5.41, 5.74) is 11.3. The smallest absolute Gasteiger partial charge is 0.110 e. The standard InChI is InChI=1S/C28H31N5/c1-17(2)24-25(18(3)4)31-27-23(30-24)13-12-22-26(21-10-8-19(5)9-11-21)32-33(28(22)27)16-20-7-6-14-29-15-20/h6-11,14-15,17-18H,12-13,16H2,1-5H3. The van der Waals surface area contributed by atoms with E-state index in [1.165, 1.54) is 11.1 Å². The molecule has 0 amide bonds. The summed E-state index contributed by atoms with van der Waals surface area (Å²) in [7, 11) is 0. The van der Waals surface area contributed by atoms with Crippen LogP contribution in [0.25, 0.3) is 22.6 Å². The molecule has 5 nitrogen and oxygen atoms in total. The molecule has 1 aromatic carbocycles. The molecule has 0 N–H and O–H groups in total. The first-order valence-corrected chi connectivity index (χ1v) is 11.9. The second-order valence-corrected chi connectivity index (χ2v) is 9.66. The molecule has 0 saturated carbocycles. The van der Waals surface area contributed by atoms with Gasteiger partial charge in [0.25, 0.3) is 0 Å². The summed E-state index contributed by atoms with van der Waals surface area (Å²) >= 11 is 0. The van der Waals surface area contributed by atoms with E-state index in [1.807, 2.05) is 18.5 Å². The lowest BCUT2D eigenvalue weighted by atomic mass is 9.91. The molecule has 3 aromatic heterocycles. The van der Waals surface area contributed by atoms with Crippen molar-refractivity contribution in [2.75, 3.05) is 0 Å². The highest BCUT2D eigenvalue weighted by atomic mass is 15.3. The molecular weight excluding hydrogens is 406 g/mol. The van der Waals surface area contributed by atoms with Crippen molar-refractivity contribution in [2.45, 2.75) is 65.8 Å². The van der Waals surface area contributed by atoms with Gasteiger partial charge in [-0.2, -0.15) is 5.10 Å². The van der Waals surface area contributed by atoms with E-state index >= 15 is 0 Å². The lowest BCUT2D eigenvalue weighted by Crippen LogP contribution is -2.16. The first-order chi connectivity index (χ1) is 15.9. The van der Waals surface area contributed by atoms with Crippen molar-refractivity contribution in [2.24, 2.45) is 0 Å². The third-order valence-electron chi connectivity index (χ3n) is 6.38. The zero-order chi connectivity index (χ0) is 23.1. The van der Waals surface area contributed by atoms with Crippen molar-refractivity contribution >= 4 is 0 Å². The number of hydrogen-bond donors (Lipinski definition) is 0. The summed E-state index contributed by atoms with van der Waals surface area (Å²) in [6.07, 6.45) is 5.54. The van der Waals surface area contributed by atoms with Gasteiger partial charge in [0.2, 0.25) is 0 Å². The summed E-state index contributed by atoms with van der Waals surface area (Å²) in [5, 5.41) is 5.14. The van der Waals surface area contributed by atoms with Crippen LogP contribution in [0.4, 0.5) is 0 Å². The predicted molar refractivity (Wildman–Crippen MR) is 132 cm³/mol. The summed E-state index contributed by atoms with van der Waals surface area (Å²) in [5.74, 6) is 0.668. The second kappa shape index (κ2) is 8.54. The van der Waals surface area contributed by atoms with Gasteiger partial charge in [-0.3, -0.25) is 14.6 Å². The number of pyridine rings is 1. The minimum absolute atomic E-state index is 0.317. The summed E-state index contributed by atoms with van der Waals surface area (Å²) in [6.45, 7) is 11.6. The monoisotopic (exact) mass is 437 g/mol. The molecule has 0 aliphatic heterocycles. The van der Waals surface area contributed by atoms with Crippen molar-refractivity contribution in [1.29, 1.82) is 0 Å². The topological polar surface area (TPSA) is 56.5 Å². The number of aryl methyl sites for hydroxylation is 2. The summed E-state index contributed by atoms with van der Waals surface area (Å²) < 4.78 is 2.12. The third-order valence-corrected chi connectivity index (χ3v) is 6.38. The highest BCUT2D eigenvalue weighted by molar-refractivity contribution is 5.76. The van der Waals surface area contributed by atoms with Crippen LogP contribution in [-0.2, 0) is 19.4 Å². The largest absolute Gasteiger partial charge is 0.264 e. The fraction of sp³-hybridized carbons (Fsp3) is 0.357. The molecule has 4 aromatic rings. The van der Waals surface area contributed by atoms with E-state index in [4.69, 9.17) is 15.1 Å². The van der Waals surface area contributed by atoms with E-state index in [2.05, 4.69) is 74.6 Å². The van der Waals surface area contributed by atoms with Crippen molar-refractivity contribution in [3.8, 4) is 22.6 Å². The molecule has 0 unspecified atom stereocenters. The maximum absolute atomic E-state index is 5.26. The Hall–Kier alpha value is -3.34. The molecule has 0 fully saturated rings. The predicted octanol–water partition coefficient (Wildman–Crippen LogP) is 6.10. The van der Waals surface area contributed by atoms with Gasteiger partial charge in [-0.15, -0.1) is 0 Å². The molecule has 1 aliphatic carbocycles. The number of rotatable bonds is 5. The maximum atomic E-state index is 5.26. The van der Waals surface area contributed by atoms with Crippen LogP contribution in [0, 0.1) is 6.92 Å². The number of nitrogens with zero attached hydrogens (tertiary/aromatic N) is 5. The Morgan fingerprint density at radius 1 is 0.879 bits per heavy atom. The minimum Gasteiger partial charge on any atom is -0.264 e. The van der Waals surface area contributed by atoms with Crippen molar-refractivity contribution in [3.63, 3.8) is 0 Å². The number of fused-ring (bicyclic) bond motifs is 3. The second-order valence-electron chi connectivity index (χ2n) is 9.66. The third kappa shape index (κ3) is 3.97. The highest BCUT2D eigenvalue weighted by Gasteiger charge is 2.30. The van der Waals surface area contributed by atoms with E-state index in [9.17, 15) is 0 Å². The van der Waals surface area contributed by atoms with E-state index in [0.717, 1.165) is 58.1 Å². The molecule has 3 heterocycles. The van der Waals surface area contributed by atoms with Crippen LogP contribution >= 0.6 is 0 Å². The van der Waals surface area contributed by atoms with Gasteiger partial charge in [0.15, 0.2) is 0 Å². The van der Waals surface area contributed by atoms with E-state index < -0.39 is 0 Å². The van der Waals surface area contributed by atoms with Gasteiger partial charge < -0.3 is 0 Å². The molecule has 5 rings (SSSR count). The normalized spacial score (nSPS) is 12.8. The van der Waals surface area contributed by atoms with E-state index in [-0.39, 0.29) is 0 Å². The lowest BCUT2D eigenvalue weighted by molar-refractivity contribution is 0.675. The molecule has 0 saturated heterocycles. The Bertz CT molecular complexity index is 1280. The lowest BCUT2D eigenvalue weighted by Gasteiger charge is -2.22. The van der Waals surface area contributed by atoms with Crippen LogP contribution in [0.1, 0.15) is 73.3 Å². The molecule has 0 spiro atoms. The fourth-order valence-corrected chi connectivity index (χ4v) is 4.68. The zero-order valence-electron chi connectivity index (χ0n) is 20.1. The molecule has 0 radical (unpaired) electrons. The summed E-state index contributed by atoms with van der Waals surface area (Å²) in [4.78, 5) is 14.7. The van der Waals surface area contributed by atoms with Crippen LogP contribution in [0.15, 0.2) is 48.8 Å². The Balaban J connectivity index is 1.73. The highest BCUT2D eigenvalue weighted by Crippen LogP contribution is 2.39. The minimum atomic E-state index is 0.317. The van der Waals surface area contributed by atoms with Crippen molar-refractivity contribution < 1.29 is 0 Å². The van der Waals surface area contributed by atoms with Crippen LogP contribution in [0.5, 0.6) is 0 Å². The van der Waals surface area contributed by atoms with Crippen LogP contribution in [-0.4, -0.2) is 24.7 Å². The molecule has 168 valence electrons. The van der Waals surface area contributed by atoms with Gasteiger partial charge in [-0.25, -0.2) is 4.98 Å². The van der Waals surface area contributed by atoms with Gasteiger partial charge >= 0.3 is 0 Å². The Labute approximate surface area is 196 Å². The van der Waals surface area contributed by atoms with Gasteiger partial charge in [-0.1, -0.05) is 63.6 Å². The van der Waals surface area contributed by atoms with Gasteiger partial charge in [-0.05, 0) is 43.2 Å². The van der Waals surface area contributed by atoms with Crippen molar-refractivity contribution in [3.05, 3.63) is 82.6 Å². The number of benzene rings is 1. The average Bonchev–Trinajstić information content (AvgIpc) is 3.18. The molecule has 33 heavy (non-hydrogen) atoms. The van der Waals surface area contributed by atoms with E-state index in [0.29, 0.717) is 18.4 Å². The first-order valence-electron chi connectivity index (χ1n) is 11.9. The zero-order valence-corrected chi connectivity index (χ0v) is 20.1. The fourth-order valence-electron chi connectivity index (χ4n) is 4.68.